The van der Waals surface area contributed by atoms with Crippen molar-refractivity contribution in [3.8, 4) is 0 Å². The molecule has 106 valence electrons. The van der Waals surface area contributed by atoms with Crippen LogP contribution in [0.4, 0.5) is 0 Å². The minimum Gasteiger partial charge on any atom is -0.329 e. The molecule has 0 radical (unpaired) electrons. The van der Waals surface area contributed by atoms with Crippen molar-refractivity contribution in [1.82, 2.24) is 14.8 Å². The molecule has 2 unspecified atom stereocenters. The number of nitrogens with two attached hydrogens (primary N) is 1. The molecule has 1 aliphatic heterocycles. The van der Waals surface area contributed by atoms with Gasteiger partial charge in [0.1, 0.15) is 0 Å². The predicted molar refractivity (Wildman–Crippen MR) is 78.9 cm³/mol. The lowest BCUT2D eigenvalue weighted by Gasteiger charge is -2.41. The molecule has 0 aromatic carbocycles. The molecule has 1 aromatic rings. The highest BCUT2D eigenvalue weighted by Gasteiger charge is 2.25. The van der Waals surface area contributed by atoms with Gasteiger partial charge in [0.2, 0.25) is 0 Å². The highest BCUT2D eigenvalue weighted by Crippen LogP contribution is 2.21. The summed E-state index contributed by atoms with van der Waals surface area (Å²) < 4.78 is 0. The van der Waals surface area contributed by atoms with Crippen molar-refractivity contribution in [3.05, 3.63) is 30.1 Å². The predicted octanol–water partition coefficient (Wildman–Crippen LogP) is 1.50. The number of nitrogens with zero attached hydrogens (tertiary/aromatic N) is 3. The van der Waals surface area contributed by atoms with Crippen LogP contribution in [0.2, 0.25) is 0 Å². The molecule has 1 aliphatic rings. The average Bonchev–Trinajstić information content (AvgIpc) is 2.49. The number of hydrogen-bond acceptors (Lipinski definition) is 4. The Labute approximate surface area is 116 Å². The maximum atomic E-state index is 5.97. The molecule has 4 nitrogen and oxygen atoms in total. The van der Waals surface area contributed by atoms with Gasteiger partial charge in [-0.1, -0.05) is 13.0 Å². The topological polar surface area (TPSA) is 45.4 Å². The first-order valence-electron chi connectivity index (χ1n) is 7.34. The quantitative estimate of drug-likeness (QED) is 0.873. The molecular formula is C15H26N4. The minimum atomic E-state index is 0.313. The second-order valence-corrected chi connectivity index (χ2v) is 5.37. The maximum Gasteiger partial charge on any atom is 0.0486 e. The van der Waals surface area contributed by atoms with E-state index in [4.69, 9.17) is 5.73 Å². The Balaban J connectivity index is 1.96. The van der Waals surface area contributed by atoms with Crippen LogP contribution in [0.25, 0.3) is 0 Å². The Kier molecular flexibility index (Phi) is 5.31. The molecule has 19 heavy (non-hydrogen) atoms. The van der Waals surface area contributed by atoms with Gasteiger partial charge in [-0.2, -0.15) is 0 Å². The summed E-state index contributed by atoms with van der Waals surface area (Å²) in [4.78, 5) is 9.28. The third kappa shape index (κ3) is 3.53. The Hall–Kier alpha value is -0.970. The molecule has 4 heteroatoms. The van der Waals surface area contributed by atoms with Gasteiger partial charge in [0.25, 0.3) is 0 Å². The standard InChI is InChI=1S/C15H26N4/c1-3-13(2)18-7-9-19(10-8-18)15(11-16)14-5-4-6-17-12-14/h4-6,12-13,15H,3,7-11,16H2,1-2H3. The smallest absolute Gasteiger partial charge is 0.0486 e. The van der Waals surface area contributed by atoms with Crippen molar-refractivity contribution >= 4 is 0 Å². The zero-order chi connectivity index (χ0) is 13.7. The summed E-state index contributed by atoms with van der Waals surface area (Å²) in [5.74, 6) is 0. The van der Waals surface area contributed by atoms with Crippen LogP contribution in [-0.4, -0.2) is 53.5 Å². The molecule has 1 saturated heterocycles. The van der Waals surface area contributed by atoms with Crippen LogP contribution in [0.3, 0.4) is 0 Å². The van der Waals surface area contributed by atoms with Crippen molar-refractivity contribution in [1.29, 1.82) is 0 Å². The molecule has 2 rings (SSSR count). The van der Waals surface area contributed by atoms with Crippen LogP contribution in [0.5, 0.6) is 0 Å². The van der Waals surface area contributed by atoms with Crippen LogP contribution >= 0.6 is 0 Å². The maximum absolute atomic E-state index is 5.97. The van der Waals surface area contributed by atoms with Crippen molar-refractivity contribution in [2.45, 2.75) is 32.4 Å². The van der Waals surface area contributed by atoms with Gasteiger partial charge in [-0.05, 0) is 25.0 Å². The van der Waals surface area contributed by atoms with Crippen molar-refractivity contribution in [2.24, 2.45) is 5.73 Å². The Morgan fingerprint density at radius 3 is 2.47 bits per heavy atom. The number of rotatable bonds is 5. The normalized spacial score (nSPS) is 21.2. The third-order valence-corrected chi connectivity index (χ3v) is 4.30. The van der Waals surface area contributed by atoms with E-state index in [0.717, 1.165) is 26.2 Å². The Bertz CT molecular complexity index is 360. The number of hydrogen-bond donors (Lipinski definition) is 1. The van der Waals surface area contributed by atoms with Gasteiger partial charge in [-0.25, -0.2) is 0 Å². The number of aromatic nitrogens is 1. The first-order chi connectivity index (χ1) is 9.26. The van der Waals surface area contributed by atoms with Crippen LogP contribution in [0, 0.1) is 0 Å². The fourth-order valence-electron chi connectivity index (χ4n) is 2.82. The molecule has 0 aliphatic carbocycles. The van der Waals surface area contributed by atoms with E-state index in [9.17, 15) is 0 Å². The molecule has 2 atom stereocenters. The van der Waals surface area contributed by atoms with Gasteiger partial charge < -0.3 is 5.73 Å². The fourth-order valence-corrected chi connectivity index (χ4v) is 2.82. The van der Waals surface area contributed by atoms with Crippen LogP contribution in [-0.2, 0) is 0 Å². The summed E-state index contributed by atoms with van der Waals surface area (Å²) >= 11 is 0. The van der Waals surface area contributed by atoms with E-state index in [1.165, 1.54) is 12.0 Å². The molecule has 1 aromatic heterocycles. The van der Waals surface area contributed by atoms with E-state index in [0.29, 0.717) is 18.6 Å². The lowest BCUT2D eigenvalue weighted by molar-refractivity contribution is 0.0742. The lowest BCUT2D eigenvalue weighted by Crippen LogP contribution is -2.51. The Morgan fingerprint density at radius 1 is 1.26 bits per heavy atom. The summed E-state index contributed by atoms with van der Waals surface area (Å²) in [5.41, 5.74) is 7.21. The molecule has 0 bridgehead atoms. The van der Waals surface area contributed by atoms with E-state index in [1.807, 2.05) is 18.5 Å². The molecule has 0 amide bonds. The van der Waals surface area contributed by atoms with E-state index >= 15 is 0 Å². The summed E-state index contributed by atoms with van der Waals surface area (Å²) in [7, 11) is 0. The summed E-state index contributed by atoms with van der Waals surface area (Å²) in [5, 5.41) is 0. The third-order valence-electron chi connectivity index (χ3n) is 4.30. The minimum absolute atomic E-state index is 0.313. The summed E-state index contributed by atoms with van der Waals surface area (Å²) in [6.45, 7) is 9.72. The van der Waals surface area contributed by atoms with E-state index in [2.05, 4.69) is 34.7 Å². The van der Waals surface area contributed by atoms with Gasteiger partial charge in [0.05, 0.1) is 0 Å². The van der Waals surface area contributed by atoms with Gasteiger partial charge in [0, 0.05) is 57.2 Å². The SMILES string of the molecule is CCC(C)N1CCN(C(CN)c2cccnc2)CC1. The molecule has 0 saturated carbocycles. The van der Waals surface area contributed by atoms with E-state index < -0.39 is 0 Å². The monoisotopic (exact) mass is 262 g/mol. The van der Waals surface area contributed by atoms with Crippen LogP contribution < -0.4 is 5.73 Å². The molecule has 1 fully saturated rings. The summed E-state index contributed by atoms with van der Waals surface area (Å²) in [6, 6.07) is 5.13. The largest absolute Gasteiger partial charge is 0.329 e. The number of piperazine rings is 1. The second-order valence-electron chi connectivity index (χ2n) is 5.37. The first-order valence-corrected chi connectivity index (χ1v) is 7.34. The van der Waals surface area contributed by atoms with Gasteiger partial charge in [-0.3, -0.25) is 14.8 Å². The molecule has 2 heterocycles. The second kappa shape index (κ2) is 6.98. The van der Waals surface area contributed by atoms with Crippen molar-refractivity contribution < 1.29 is 0 Å². The first kappa shape index (κ1) is 14.4. The lowest BCUT2D eigenvalue weighted by atomic mass is 10.1. The molecule has 2 N–H and O–H groups in total. The zero-order valence-electron chi connectivity index (χ0n) is 12.1. The van der Waals surface area contributed by atoms with Crippen LogP contribution in [0.1, 0.15) is 31.9 Å². The Morgan fingerprint density at radius 2 is 1.95 bits per heavy atom. The highest BCUT2D eigenvalue weighted by molar-refractivity contribution is 5.14. The molecular weight excluding hydrogens is 236 g/mol. The van der Waals surface area contributed by atoms with Crippen molar-refractivity contribution in [2.75, 3.05) is 32.7 Å². The van der Waals surface area contributed by atoms with E-state index in [1.54, 1.807) is 0 Å². The average molecular weight is 262 g/mol. The fraction of sp³-hybridized carbons (Fsp3) is 0.667. The van der Waals surface area contributed by atoms with E-state index in [-0.39, 0.29) is 0 Å². The molecule has 0 spiro atoms. The van der Waals surface area contributed by atoms with Gasteiger partial charge in [0.15, 0.2) is 0 Å². The zero-order valence-corrected chi connectivity index (χ0v) is 12.1. The van der Waals surface area contributed by atoms with Gasteiger partial charge >= 0.3 is 0 Å². The highest BCUT2D eigenvalue weighted by atomic mass is 15.3. The van der Waals surface area contributed by atoms with Crippen LogP contribution in [0.15, 0.2) is 24.5 Å². The summed E-state index contributed by atoms with van der Waals surface area (Å²) in [6.07, 6.45) is 4.99. The number of pyridine rings is 1. The van der Waals surface area contributed by atoms with Crippen molar-refractivity contribution in [3.63, 3.8) is 0 Å². The van der Waals surface area contributed by atoms with Gasteiger partial charge in [-0.15, -0.1) is 0 Å².